The SMILES string of the molecule is Cc1cccc2c1C(c1cccc(F)c1)NC2. The number of fused-ring (bicyclic) bond motifs is 1. The van der Waals surface area contributed by atoms with Crippen LogP contribution in [0.1, 0.15) is 28.3 Å². The third-order valence-corrected chi connectivity index (χ3v) is 3.38. The molecule has 2 aromatic rings. The molecular weight excluding hydrogens is 213 g/mol. The van der Waals surface area contributed by atoms with E-state index in [1.165, 1.54) is 22.8 Å². The van der Waals surface area contributed by atoms with E-state index in [9.17, 15) is 4.39 Å². The molecule has 1 N–H and O–H groups in total. The molecule has 0 spiro atoms. The highest BCUT2D eigenvalue weighted by Gasteiger charge is 2.24. The van der Waals surface area contributed by atoms with E-state index in [1.54, 1.807) is 12.1 Å². The van der Waals surface area contributed by atoms with Gasteiger partial charge >= 0.3 is 0 Å². The monoisotopic (exact) mass is 227 g/mol. The van der Waals surface area contributed by atoms with E-state index < -0.39 is 0 Å². The lowest BCUT2D eigenvalue weighted by atomic mass is 9.94. The van der Waals surface area contributed by atoms with Crippen LogP contribution in [-0.2, 0) is 6.54 Å². The van der Waals surface area contributed by atoms with Crippen LogP contribution in [0.15, 0.2) is 42.5 Å². The largest absolute Gasteiger partial charge is 0.302 e. The van der Waals surface area contributed by atoms with Crippen molar-refractivity contribution in [3.63, 3.8) is 0 Å². The first-order valence-electron chi connectivity index (χ1n) is 5.83. The summed E-state index contributed by atoms with van der Waals surface area (Å²) in [7, 11) is 0. The molecule has 2 aromatic carbocycles. The lowest BCUT2D eigenvalue weighted by Crippen LogP contribution is -2.14. The summed E-state index contributed by atoms with van der Waals surface area (Å²) in [5.41, 5.74) is 4.89. The minimum absolute atomic E-state index is 0.127. The molecule has 0 bridgehead atoms. The summed E-state index contributed by atoms with van der Waals surface area (Å²) < 4.78 is 13.3. The van der Waals surface area contributed by atoms with Crippen LogP contribution in [0, 0.1) is 12.7 Å². The summed E-state index contributed by atoms with van der Waals surface area (Å²) in [5, 5.41) is 3.44. The molecule has 3 rings (SSSR count). The number of aryl methyl sites for hydroxylation is 1. The quantitative estimate of drug-likeness (QED) is 0.788. The van der Waals surface area contributed by atoms with Gasteiger partial charge < -0.3 is 5.32 Å². The van der Waals surface area contributed by atoms with Crippen LogP contribution in [0.3, 0.4) is 0 Å². The summed E-state index contributed by atoms with van der Waals surface area (Å²) in [6.45, 7) is 2.97. The maximum Gasteiger partial charge on any atom is 0.123 e. The van der Waals surface area contributed by atoms with Gasteiger partial charge in [-0.05, 0) is 41.3 Å². The van der Waals surface area contributed by atoms with Crippen LogP contribution < -0.4 is 5.32 Å². The predicted molar refractivity (Wildman–Crippen MR) is 66.3 cm³/mol. The van der Waals surface area contributed by atoms with Crippen molar-refractivity contribution < 1.29 is 4.39 Å². The number of nitrogens with one attached hydrogen (secondary N) is 1. The fraction of sp³-hybridized carbons (Fsp3) is 0.200. The first kappa shape index (κ1) is 10.5. The predicted octanol–water partition coefficient (Wildman–Crippen LogP) is 3.33. The van der Waals surface area contributed by atoms with Crippen molar-refractivity contribution in [1.29, 1.82) is 0 Å². The fourth-order valence-electron chi connectivity index (χ4n) is 2.59. The van der Waals surface area contributed by atoms with E-state index in [1.807, 2.05) is 6.07 Å². The standard InChI is InChI=1S/C15H14FN/c1-10-4-2-6-12-9-17-15(14(10)12)11-5-3-7-13(16)8-11/h2-8,15,17H,9H2,1H3. The van der Waals surface area contributed by atoms with Gasteiger partial charge in [-0.25, -0.2) is 4.39 Å². The van der Waals surface area contributed by atoms with Crippen molar-refractivity contribution in [1.82, 2.24) is 5.32 Å². The highest BCUT2D eigenvalue weighted by atomic mass is 19.1. The van der Waals surface area contributed by atoms with Gasteiger partial charge in [0, 0.05) is 6.54 Å². The molecule has 0 fully saturated rings. The molecule has 1 unspecified atom stereocenters. The average Bonchev–Trinajstić information content (AvgIpc) is 2.74. The topological polar surface area (TPSA) is 12.0 Å². The van der Waals surface area contributed by atoms with Crippen LogP contribution >= 0.6 is 0 Å². The van der Waals surface area contributed by atoms with Crippen molar-refractivity contribution in [3.05, 3.63) is 70.5 Å². The van der Waals surface area contributed by atoms with E-state index in [0.717, 1.165) is 12.1 Å². The van der Waals surface area contributed by atoms with Gasteiger partial charge in [0.1, 0.15) is 5.82 Å². The zero-order chi connectivity index (χ0) is 11.8. The minimum Gasteiger partial charge on any atom is -0.302 e. The van der Waals surface area contributed by atoms with E-state index >= 15 is 0 Å². The lowest BCUT2D eigenvalue weighted by Gasteiger charge is -2.14. The Bertz CT molecular complexity index is 563. The zero-order valence-electron chi connectivity index (χ0n) is 9.70. The van der Waals surface area contributed by atoms with Crippen molar-refractivity contribution >= 4 is 0 Å². The summed E-state index contributed by atoms with van der Waals surface area (Å²) in [5.74, 6) is -0.175. The fourth-order valence-corrected chi connectivity index (χ4v) is 2.59. The van der Waals surface area contributed by atoms with Gasteiger partial charge in [0.05, 0.1) is 6.04 Å². The molecule has 1 nitrogen and oxygen atoms in total. The molecule has 86 valence electrons. The normalized spacial score (nSPS) is 18.1. The van der Waals surface area contributed by atoms with Crippen molar-refractivity contribution in [2.75, 3.05) is 0 Å². The van der Waals surface area contributed by atoms with Crippen LogP contribution in [-0.4, -0.2) is 0 Å². The molecule has 1 atom stereocenters. The number of rotatable bonds is 1. The van der Waals surface area contributed by atoms with E-state index in [-0.39, 0.29) is 11.9 Å². The Morgan fingerprint density at radius 3 is 2.82 bits per heavy atom. The maximum absolute atomic E-state index is 13.3. The van der Waals surface area contributed by atoms with Gasteiger partial charge in [-0.1, -0.05) is 30.3 Å². The van der Waals surface area contributed by atoms with Crippen molar-refractivity contribution in [2.24, 2.45) is 0 Å². The van der Waals surface area contributed by atoms with Crippen LogP contribution in [0.2, 0.25) is 0 Å². The molecule has 0 radical (unpaired) electrons. The number of halogens is 1. The number of hydrogen-bond acceptors (Lipinski definition) is 1. The summed E-state index contributed by atoms with van der Waals surface area (Å²) in [6, 6.07) is 13.3. The lowest BCUT2D eigenvalue weighted by molar-refractivity contribution is 0.614. The molecule has 0 aliphatic carbocycles. The van der Waals surface area contributed by atoms with Crippen molar-refractivity contribution in [3.8, 4) is 0 Å². The van der Waals surface area contributed by atoms with Crippen molar-refractivity contribution in [2.45, 2.75) is 19.5 Å². The third-order valence-electron chi connectivity index (χ3n) is 3.38. The van der Waals surface area contributed by atoms with Gasteiger partial charge in [0.25, 0.3) is 0 Å². The molecule has 0 aromatic heterocycles. The van der Waals surface area contributed by atoms with Gasteiger partial charge in [0.15, 0.2) is 0 Å². The zero-order valence-corrected chi connectivity index (χ0v) is 9.70. The smallest absolute Gasteiger partial charge is 0.123 e. The third kappa shape index (κ3) is 1.75. The molecule has 2 heteroatoms. The van der Waals surface area contributed by atoms with E-state index in [4.69, 9.17) is 0 Å². The molecule has 0 saturated heterocycles. The Morgan fingerprint density at radius 2 is 2.00 bits per heavy atom. The molecule has 1 aliphatic heterocycles. The van der Waals surface area contributed by atoms with Crippen LogP contribution in [0.5, 0.6) is 0 Å². The summed E-state index contributed by atoms with van der Waals surface area (Å²) >= 11 is 0. The summed E-state index contributed by atoms with van der Waals surface area (Å²) in [6.07, 6.45) is 0. The second kappa shape index (κ2) is 3.97. The minimum atomic E-state index is -0.175. The molecule has 0 saturated carbocycles. The number of benzene rings is 2. The van der Waals surface area contributed by atoms with Crippen LogP contribution in [0.4, 0.5) is 4.39 Å². The highest BCUT2D eigenvalue weighted by molar-refractivity contribution is 5.45. The van der Waals surface area contributed by atoms with Gasteiger partial charge in [-0.2, -0.15) is 0 Å². The Balaban J connectivity index is 2.09. The molecule has 0 amide bonds. The Labute approximate surface area is 100 Å². The van der Waals surface area contributed by atoms with E-state index in [0.29, 0.717) is 0 Å². The Kier molecular flexibility index (Phi) is 2.45. The average molecular weight is 227 g/mol. The van der Waals surface area contributed by atoms with Gasteiger partial charge in [-0.3, -0.25) is 0 Å². The van der Waals surface area contributed by atoms with E-state index in [2.05, 4.69) is 30.4 Å². The molecule has 1 aliphatic rings. The second-order valence-corrected chi connectivity index (χ2v) is 4.52. The van der Waals surface area contributed by atoms with Gasteiger partial charge in [0.2, 0.25) is 0 Å². The maximum atomic E-state index is 13.3. The highest BCUT2D eigenvalue weighted by Crippen LogP contribution is 2.33. The second-order valence-electron chi connectivity index (χ2n) is 4.52. The molecular formula is C15H14FN. The first-order valence-corrected chi connectivity index (χ1v) is 5.83. The molecule has 17 heavy (non-hydrogen) atoms. The first-order chi connectivity index (χ1) is 8.25. The van der Waals surface area contributed by atoms with Gasteiger partial charge in [-0.15, -0.1) is 0 Å². The Morgan fingerprint density at radius 1 is 1.18 bits per heavy atom. The molecule has 1 heterocycles. The summed E-state index contributed by atoms with van der Waals surface area (Å²) in [4.78, 5) is 0. The number of hydrogen-bond donors (Lipinski definition) is 1. The Hall–Kier alpha value is -1.67. The van der Waals surface area contributed by atoms with Crippen LogP contribution in [0.25, 0.3) is 0 Å².